The summed E-state index contributed by atoms with van der Waals surface area (Å²) < 4.78 is 7.37. The minimum atomic E-state index is 0.126. The van der Waals surface area contributed by atoms with Gasteiger partial charge in [0, 0.05) is 64.0 Å². The Morgan fingerprint density at radius 3 is 2.32 bits per heavy atom. The zero-order valence-electron chi connectivity index (χ0n) is 22.7. The van der Waals surface area contributed by atoms with Crippen LogP contribution in [0.3, 0.4) is 0 Å². The number of unbranched alkanes of at least 4 members (excludes halogenated alkanes) is 1. The van der Waals surface area contributed by atoms with Crippen molar-refractivity contribution in [3.63, 3.8) is 0 Å². The van der Waals surface area contributed by atoms with Gasteiger partial charge in [0.25, 0.3) is 0 Å². The van der Waals surface area contributed by atoms with Crippen molar-refractivity contribution in [3.8, 4) is 0 Å². The maximum Gasteiger partial charge on any atom is 0.236 e. The molecule has 5 rings (SSSR count). The quantitative estimate of drug-likeness (QED) is 0.601. The summed E-state index contributed by atoms with van der Waals surface area (Å²) in [5.74, 6) is 1.30. The maximum atomic E-state index is 12.7. The fourth-order valence-electron chi connectivity index (χ4n) is 4.90. The predicted octanol–water partition coefficient (Wildman–Crippen LogP) is 4.29. The van der Waals surface area contributed by atoms with E-state index in [-0.39, 0.29) is 11.8 Å². The second-order valence-corrected chi connectivity index (χ2v) is 10.5. The number of morpholine rings is 1. The van der Waals surface area contributed by atoms with Gasteiger partial charge < -0.3 is 19.9 Å². The molecule has 0 radical (unpaired) electrons. The summed E-state index contributed by atoms with van der Waals surface area (Å²) in [6.45, 7) is 15.3. The van der Waals surface area contributed by atoms with Gasteiger partial charge in [0.05, 0.1) is 25.5 Å². The third kappa shape index (κ3) is 6.98. The van der Waals surface area contributed by atoms with E-state index in [2.05, 4.69) is 60.2 Å². The molecule has 1 aromatic heterocycles. The first-order valence-electron chi connectivity index (χ1n) is 13.9. The molecule has 0 spiro atoms. The third-order valence-electron chi connectivity index (χ3n) is 7.52. The van der Waals surface area contributed by atoms with Crippen molar-refractivity contribution in [2.45, 2.75) is 52.5 Å². The molecule has 8 nitrogen and oxygen atoms in total. The Morgan fingerprint density at radius 1 is 1.03 bits per heavy atom. The van der Waals surface area contributed by atoms with Crippen LogP contribution in [-0.4, -0.2) is 91.1 Å². The van der Waals surface area contributed by atoms with E-state index in [4.69, 9.17) is 21.4 Å². The molecular weight excluding hydrogens is 488 g/mol. The average Bonchev–Trinajstić information content (AvgIpc) is 3.30. The van der Waals surface area contributed by atoms with Crippen LogP contribution >= 0.6 is 11.6 Å². The lowest BCUT2D eigenvalue weighted by Crippen LogP contribution is -2.52. The van der Waals surface area contributed by atoms with E-state index in [9.17, 15) is 4.79 Å². The highest BCUT2D eigenvalue weighted by molar-refractivity contribution is 6.33. The molecule has 2 aromatic rings. The van der Waals surface area contributed by atoms with E-state index in [1.54, 1.807) is 0 Å². The number of carbonyl (C=O) groups is 1. The number of piperazine rings is 1. The number of ether oxygens (including phenoxy) is 1. The van der Waals surface area contributed by atoms with E-state index in [0.29, 0.717) is 6.54 Å². The number of aromatic nitrogens is 2. The van der Waals surface area contributed by atoms with E-state index in [1.807, 2.05) is 9.58 Å². The van der Waals surface area contributed by atoms with Gasteiger partial charge in [-0.3, -0.25) is 9.69 Å². The number of halogens is 1. The molecule has 1 N–H and O–H groups in total. The van der Waals surface area contributed by atoms with Crippen LogP contribution in [0, 0.1) is 0 Å². The van der Waals surface area contributed by atoms with Crippen LogP contribution in [0.4, 0.5) is 11.5 Å². The van der Waals surface area contributed by atoms with E-state index in [0.717, 1.165) is 88.5 Å². The van der Waals surface area contributed by atoms with Crippen molar-refractivity contribution >= 4 is 29.0 Å². The number of fused-ring (bicyclic) bond motifs is 1. The lowest BCUT2D eigenvalue weighted by Gasteiger charge is -2.37. The highest BCUT2D eigenvalue weighted by Crippen LogP contribution is 2.36. The highest BCUT2D eigenvalue weighted by Gasteiger charge is 2.25. The van der Waals surface area contributed by atoms with Crippen molar-refractivity contribution < 1.29 is 9.53 Å². The minimum Gasteiger partial charge on any atom is -0.379 e. The molecule has 3 aliphatic rings. The van der Waals surface area contributed by atoms with Gasteiger partial charge in [-0.2, -0.15) is 5.10 Å². The van der Waals surface area contributed by atoms with Crippen LogP contribution in [0.5, 0.6) is 0 Å². The van der Waals surface area contributed by atoms with Crippen LogP contribution in [0.2, 0.25) is 5.02 Å². The van der Waals surface area contributed by atoms with Crippen LogP contribution in [0.15, 0.2) is 24.3 Å². The molecule has 0 bridgehead atoms. The molecule has 2 fully saturated rings. The molecular formula is C28H43ClN6O2. The third-order valence-corrected chi connectivity index (χ3v) is 7.89. The zero-order valence-corrected chi connectivity index (χ0v) is 23.5. The topological polar surface area (TPSA) is 65.9 Å². The van der Waals surface area contributed by atoms with Crippen molar-refractivity contribution in [2.24, 2.45) is 0 Å². The van der Waals surface area contributed by atoms with Crippen molar-refractivity contribution in [3.05, 3.63) is 40.5 Å². The molecule has 37 heavy (non-hydrogen) atoms. The Balaban J connectivity index is 0.000000747. The van der Waals surface area contributed by atoms with Gasteiger partial charge in [-0.15, -0.1) is 0 Å². The molecule has 3 aliphatic heterocycles. The summed E-state index contributed by atoms with van der Waals surface area (Å²) in [6, 6.07) is 8.72. The molecule has 1 aromatic carbocycles. The number of benzene rings is 1. The smallest absolute Gasteiger partial charge is 0.236 e. The molecule has 2 saturated heterocycles. The molecule has 9 heteroatoms. The van der Waals surface area contributed by atoms with Crippen molar-refractivity contribution in [2.75, 3.05) is 75.8 Å². The standard InChI is InChI=1S/C24H33ClN6O2.C4H10/c1-18(23-22(25)24-26-7-2-8-31(24)27-23)19-3-5-20(6-4-19)29-9-11-30(12-10-29)21(32)17-28-13-15-33-16-14-28;1-3-4-2/h3-6,18,26H,2,7-17H2,1H3;3-4H2,1-2H3. The Morgan fingerprint density at radius 2 is 1.70 bits per heavy atom. The molecule has 0 aliphatic carbocycles. The zero-order chi connectivity index (χ0) is 26.2. The molecule has 204 valence electrons. The van der Waals surface area contributed by atoms with E-state index >= 15 is 0 Å². The number of nitrogens with one attached hydrogen (secondary N) is 1. The summed E-state index contributed by atoms with van der Waals surface area (Å²) in [6.07, 6.45) is 3.71. The average molecular weight is 531 g/mol. The Hall–Kier alpha value is -2.29. The molecule has 1 atom stereocenters. The van der Waals surface area contributed by atoms with Gasteiger partial charge in [-0.1, -0.05) is 57.3 Å². The highest BCUT2D eigenvalue weighted by atomic mass is 35.5. The second-order valence-electron chi connectivity index (χ2n) is 10.1. The van der Waals surface area contributed by atoms with Crippen LogP contribution < -0.4 is 10.2 Å². The predicted molar refractivity (Wildman–Crippen MR) is 151 cm³/mol. The summed E-state index contributed by atoms with van der Waals surface area (Å²) in [7, 11) is 0. The fraction of sp³-hybridized carbons (Fsp3) is 0.643. The SMILES string of the molecule is CC(c1ccc(N2CCN(C(=O)CN3CCOCC3)CC2)cc1)c1nn2c(c1Cl)NCCC2.CCCC. The molecule has 1 amide bonds. The number of hydrogen-bond acceptors (Lipinski definition) is 6. The first-order chi connectivity index (χ1) is 18.0. The lowest BCUT2D eigenvalue weighted by molar-refractivity contribution is -0.133. The molecule has 1 unspecified atom stereocenters. The van der Waals surface area contributed by atoms with Crippen LogP contribution in [0.1, 0.15) is 57.2 Å². The van der Waals surface area contributed by atoms with Gasteiger partial charge in [0.1, 0.15) is 10.8 Å². The monoisotopic (exact) mass is 530 g/mol. The van der Waals surface area contributed by atoms with E-state index < -0.39 is 0 Å². The Bertz CT molecular complexity index is 995. The normalized spacial score (nSPS) is 18.9. The number of rotatable bonds is 6. The number of anilines is 2. The minimum absolute atomic E-state index is 0.126. The van der Waals surface area contributed by atoms with Gasteiger partial charge in [-0.25, -0.2) is 4.68 Å². The van der Waals surface area contributed by atoms with Crippen LogP contribution in [0.25, 0.3) is 0 Å². The number of nitrogens with zero attached hydrogens (tertiary/aromatic N) is 5. The number of aryl methyl sites for hydroxylation is 1. The van der Waals surface area contributed by atoms with E-state index in [1.165, 1.54) is 24.1 Å². The number of carbonyl (C=O) groups excluding carboxylic acids is 1. The van der Waals surface area contributed by atoms with Gasteiger partial charge in [-0.05, 0) is 24.1 Å². The Labute approximate surface area is 226 Å². The van der Waals surface area contributed by atoms with Gasteiger partial charge >= 0.3 is 0 Å². The van der Waals surface area contributed by atoms with Crippen molar-refractivity contribution in [1.82, 2.24) is 19.6 Å². The van der Waals surface area contributed by atoms with Crippen molar-refractivity contribution in [1.29, 1.82) is 0 Å². The maximum absolute atomic E-state index is 12.7. The molecule has 0 saturated carbocycles. The summed E-state index contributed by atoms with van der Waals surface area (Å²) >= 11 is 6.65. The fourth-order valence-corrected chi connectivity index (χ4v) is 5.26. The summed E-state index contributed by atoms with van der Waals surface area (Å²) in [4.78, 5) is 19.2. The first-order valence-corrected chi connectivity index (χ1v) is 14.3. The summed E-state index contributed by atoms with van der Waals surface area (Å²) in [5, 5.41) is 8.88. The second kappa shape index (κ2) is 13.5. The van der Waals surface area contributed by atoms with Crippen LogP contribution in [-0.2, 0) is 16.1 Å². The summed E-state index contributed by atoms with van der Waals surface area (Å²) in [5.41, 5.74) is 3.33. The van der Waals surface area contributed by atoms with Gasteiger partial charge in [0.2, 0.25) is 5.91 Å². The largest absolute Gasteiger partial charge is 0.379 e. The number of amides is 1. The lowest BCUT2D eigenvalue weighted by atomic mass is 9.97. The number of hydrogen-bond donors (Lipinski definition) is 1. The van der Waals surface area contributed by atoms with Gasteiger partial charge in [0.15, 0.2) is 0 Å². The first kappa shape index (κ1) is 27.7. The molecule has 4 heterocycles. The Kier molecular flexibility index (Phi) is 10.1.